The summed E-state index contributed by atoms with van der Waals surface area (Å²) in [6.45, 7) is 5.14. The summed E-state index contributed by atoms with van der Waals surface area (Å²) in [5.41, 5.74) is 0. The summed E-state index contributed by atoms with van der Waals surface area (Å²) < 4.78 is 0. The summed E-state index contributed by atoms with van der Waals surface area (Å²) in [6, 6.07) is 0.376. The third-order valence-electron chi connectivity index (χ3n) is 2.58. The monoisotopic (exact) mass is 175 g/mol. The highest BCUT2D eigenvalue weighted by atomic mass is 35.5. The van der Waals surface area contributed by atoms with E-state index in [-0.39, 0.29) is 11.8 Å². The molecule has 1 rings (SSSR count). The zero-order valence-corrected chi connectivity index (χ0v) is 7.77. The molecule has 0 N–H and O–H groups in total. The minimum Gasteiger partial charge on any atom is -0.339 e. The van der Waals surface area contributed by atoms with E-state index in [9.17, 15) is 4.79 Å². The Kier molecular flexibility index (Phi) is 2.77. The lowest BCUT2D eigenvalue weighted by atomic mass is 10.1. The van der Waals surface area contributed by atoms with Crippen LogP contribution in [0, 0.1) is 5.92 Å². The average molecular weight is 176 g/mol. The average Bonchev–Trinajstić information content (AvgIpc) is 2.32. The molecule has 0 aromatic carbocycles. The summed E-state index contributed by atoms with van der Waals surface area (Å²) in [4.78, 5) is 13.0. The van der Waals surface area contributed by atoms with Gasteiger partial charge in [-0.05, 0) is 19.3 Å². The molecular formula is C8H14ClNO. The van der Waals surface area contributed by atoms with Gasteiger partial charge in [-0.2, -0.15) is 0 Å². The molecule has 0 spiro atoms. The normalized spacial score (nSPS) is 31.0. The fourth-order valence-corrected chi connectivity index (χ4v) is 1.68. The molecule has 0 saturated carbocycles. The summed E-state index contributed by atoms with van der Waals surface area (Å²) in [5, 5.41) is 0. The first kappa shape index (κ1) is 8.85. The van der Waals surface area contributed by atoms with Gasteiger partial charge >= 0.3 is 0 Å². The fraction of sp³-hybridized carbons (Fsp3) is 0.875. The Morgan fingerprint density at radius 3 is 2.64 bits per heavy atom. The Morgan fingerprint density at radius 2 is 2.27 bits per heavy atom. The molecule has 2 unspecified atom stereocenters. The Bertz CT molecular complexity index is 160. The van der Waals surface area contributed by atoms with Gasteiger partial charge in [-0.15, -0.1) is 11.6 Å². The lowest BCUT2D eigenvalue weighted by Crippen LogP contribution is -2.36. The van der Waals surface area contributed by atoms with Crippen LogP contribution in [0.2, 0.25) is 0 Å². The number of hydrogen-bond acceptors (Lipinski definition) is 1. The van der Waals surface area contributed by atoms with Crippen molar-refractivity contribution < 1.29 is 4.79 Å². The molecule has 0 aliphatic carbocycles. The maximum Gasteiger partial charge on any atom is 0.237 e. The lowest BCUT2D eigenvalue weighted by molar-refractivity contribution is -0.129. The van der Waals surface area contributed by atoms with Crippen LogP contribution in [0.5, 0.6) is 0 Å². The van der Waals surface area contributed by atoms with Gasteiger partial charge in [0.05, 0.1) is 0 Å². The van der Waals surface area contributed by atoms with Gasteiger partial charge in [0, 0.05) is 12.6 Å². The van der Waals surface area contributed by atoms with E-state index in [1.165, 1.54) is 0 Å². The van der Waals surface area contributed by atoms with Crippen LogP contribution >= 0.6 is 11.6 Å². The number of halogens is 1. The molecule has 1 heterocycles. The van der Waals surface area contributed by atoms with Gasteiger partial charge in [0.1, 0.15) is 5.88 Å². The highest BCUT2D eigenvalue weighted by Crippen LogP contribution is 2.23. The Hall–Kier alpha value is -0.240. The van der Waals surface area contributed by atoms with E-state index in [1.54, 1.807) is 0 Å². The van der Waals surface area contributed by atoms with E-state index in [4.69, 9.17) is 11.6 Å². The molecule has 3 heteroatoms. The molecule has 0 aromatic rings. The number of nitrogens with zero attached hydrogens (tertiary/aromatic N) is 1. The summed E-state index contributed by atoms with van der Waals surface area (Å²) in [7, 11) is 0. The quantitative estimate of drug-likeness (QED) is 0.553. The topological polar surface area (TPSA) is 20.3 Å². The van der Waals surface area contributed by atoms with Crippen molar-refractivity contribution in [1.29, 1.82) is 0 Å². The Labute approximate surface area is 72.5 Å². The second-order valence-corrected chi connectivity index (χ2v) is 3.49. The molecule has 1 amide bonds. The largest absolute Gasteiger partial charge is 0.339 e. The van der Waals surface area contributed by atoms with Gasteiger partial charge < -0.3 is 4.90 Å². The minimum atomic E-state index is 0.0727. The van der Waals surface area contributed by atoms with Gasteiger partial charge in [-0.25, -0.2) is 0 Å². The van der Waals surface area contributed by atoms with Gasteiger partial charge in [0.25, 0.3) is 0 Å². The molecule has 1 aliphatic rings. The van der Waals surface area contributed by atoms with Crippen LogP contribution in [0.15, 0.2) is 0 Å². The van der Waals surface area contributed by atoms with Crippen LogP contribution in [-0.4, -0.2) is 29.3 Å². The second kappa shape index (κ2) is 3.44. The number of likely N-dealkylation sites (tertiary alicyclic amines) is 1. The van der Waals surface area contributed by atoms with Crippen molar-refractivity contribution >= 4 is 17.5 Å². The first-order valence-corrected chi connectivity index (χ1v) is 4.55. The molecule has 2 atom stereocenters. The van der Waals surface area contributed by atoms with Crippen LogP contribution in [0.3, 0.4) is 0 Å². The van der Waals surface area contributed by atoms with E-state index in [1.807, 2.05) is 4.90 Å². The van der Waals surface area contributed by atoms with Crippen molar-refractivity contribution in [3.05, 3.63) is 0 Å². The van der Waals surface area contributed by atoms with Crippen molar-refractivity contribution in [2.75, 3.05) is 12.4 Å². The van der Waals surface area contributed by atoms with Crippen molar-refractivity contribution in [3.8, 4) is 0 Å². The van der Waals surface area contributed by atoms with Crippen molar-refractivity contribution in [2.24, 2.45) is 5.92 Å². The zero-order valence-electron chi connectivity index (χ0n) is 7.01. The van der Waals surface area contributed by atoms with Crippen molar-refractivity contribution in [3.63, 3.8) is 0 Å². The third kappa shape index (κ3) is 1.67. The predicted molar refractivity (Wildman–Crippen MR) is 45.7 cm³/mol. The number of rotatable bonds is 1. The highest BCUT2D eigenvalue weighted by molar-refractivity contribution is 6.27. The Morgan fingerprint density at radius 1 is 1.64 bits per heavy atom. The van der Waals surface area contributed by atoms with Crippen LogP contribution in [0.25, 0.3) is 0 Å². The highest BCUT2D eigenvalue weighted by Gasteiger charge is 2.29. The molecule has 2 nitrogen and oxygen atoms in total. The minimum absolute atomic E-state index is 0.0727. The van der Waals surface area contributed by atoms with E-state index >= 15 is 0 Å². The summed E-state index contributed by atoms with van der Waals surface area (Å²) in [6.07, 6.45) is 1.11. The second-order valence-electron chi connectivity index (χ2n) is 3.23. The predicted octanol–water partition coefficient (Wildman–Crippen LogP) is 1.48. The zero-order chi connectivity index (χ0) is 8.43. The molecule has 0 bridgehead atoms. The molecule has 64 valence electrons. The maximum absolute atomic E-state index is 11.2. The molecule has 0 radical (unpaired) electrons. The first-order chi connectivity index (χ1) is 5.16. The van der Waals surface area contributed by atoms with Crippen LogP contribution in [0.1, 0.15) is 20.3 Å². The number of hydrogen-bond donors (Lipinski definition) is 0. The fourth-order valence-electron chi connectivity index (χ4n) is 1.52. The summed E-state index contributed by atoms with van der Waals surface area (Å²) >= 11 is 5.45. The van der Waals surface area contributed by atoms with E-state index in [0.29, 0.717) is 12.0 Å². The van der Waals surface area contributed by atoms with Gasteiger partial charge in [0.15, 0.2) is 0 Å². The van der Waals surface area contributed by atoms with Gasteiger partial charge in [-0.1, -0.05) is 6.92 Å². The molecule has 1 aliphatic heterocycles. The third-order valence-corrected chi connectivity index (χ3v) is 2.80. The van der Waals surface area contributed by atoms with E-state index < -0.39 is 0 Å². The van der Waals surface area contributed by atoms with Crippen LogP contribution in [0.4, 0.5) is 0 Å². The molecular weight excluding hydrogens is 162 g/mol. The first-order valence-electron chi connectivity index (χ1n) is 4.02. The molecule has 0 aromatic heterocycles. The van der Waals surface area contributed by atoms with Crippen LogP contribution < -0.4 is 0 Å². The van der Waals surface area contributed by atoms with Gasteiger partial charge in [-0.3, -0.25) is 4.79 Å². The van der Waals surface area contributed by atoms with E-state index in [0.717, 1.165) is 13.0 Å². The van der Waals surface area contributed by atoms with Crippen LogP contribution in [-0.2, 0) is 4.79 Å². The molecule has 1 saturated heterocycles. The summed E-state index contributed by atoms with van der Waals surface area (Å²) in [5.74, 6) is 0.822. The molecule has 11 heavy (non-hydrogen) atoms. The SMILES string of the molecule is CC1CCN(C(=O)CCl)C1C. The van der Waals surface area contributed by atoms with Crippen molar-refractivity contribution in [2.45, 2.75) is 26.3 Å². The smallest absolute Gasteiger partial charge is 0.237 e. The van der Waals surface area contributed by atoms with Gasteiger partial charge in [0.2, 0.25) is 5.91 Å². The number of alkyl halides is 1. The maximum atomic E-state index is 11.2. The lowest BCUT2D eigenvalue weighted by Gasteiger charge is -2.22. The van der Waals surface area contributed by atoms with Crippen molar-refractivity contribution in [1.82, 2.24) is 4.90 Å². The number of carbonyl (C=O) groups is 1. The standard InChI is InChI=1S/C8H14ClNO/c1-6-3-4-10(7(6)2)8(11)5-9/h6-7H,3-5H2,1-2H3. The van der Waals surface area contributed by atoms with E-state index in [2.05, 4.69) is 13.8 Å². The Balaban J connectivity index is 2.54. The molecule has 1 fully saturated rings. The number of carbonyl (C=O) groups excluding carboxylic acids is 1. The number of amides is 1.